The number of hydrogen-bond acceptors (Lipinski definition) is 2. The zero-order chi connectivity index (χ0) is 18.4. The summed E-state index contributed by atoms with van der Waals surface area (Å²) in [4.78, 5) is 0. The molecule has 4 saturated carbocycles. The first-order valence-corrected chi connectivity index (χ1v) is 11.2. The second-order valence-electron chi connectivity index (χ2n) is 11.8. The van der Waals surface area contributed by atoms with Gasteiger partial charge in [-0.2, -0.15) is 0 Å². The molecule has 1 N–H and O–H groups in total. The second-order valence-corrected chi connectivity index (χ2v) is 11.8. The molecule has 0 aromatic rings. The Morgan fingerprint density at radius 2 is 1.85 bits per heavy atom. The van der Waals surface area contributed by atoms with Gasteiger partial charge in [-0.15, -0.1) is 0 Å². The molecule has 1 saturated heterocycles. The van der Waals surface area contributed by atoms with Gasteiger partial charge in [0.15, 0.2) is 0 Å². The van der Waals surface area contributed by atoms with Crippen LogP contribution in [0.4, 0.5) is 0 Å². The van der Waals surface area contributed by atoms with Crippen molar-refractivity contribution in [2.45, 2.75) is 96.7 Å². The summed E-state index contributed by atoms with van der Waals surface area (Å²) in [5.41, 5.74) is 2.83. The minimum atomic E-state index is 0.111. The highest BCUT2D eigenvalue weighted by Crippen LogP contribution is 2.70. The maximum absolute atomic E-state index is 10.00. The first-order valence-electron chi connectivity index (χ1n) is 11.2. The van der Waals surface area contributed by atoms with E-state index in [2.05, 4.69) is 27.4 Å². The first-order chi connectivity index (χ1) is 12.2. The lowest BCUT2D eigenvalue weighted by atomic mass is 9.51. The Labute approximate surface area is 159 Å². The standard InChI is InChI=1S/C24H38O2/c1-16-12-24(11-10-23(15-24)8-5-6-17(23)14-25)20-22(4,26-20)9-7-19-18(16)13-21(19,2)3/h17-20,25H,1,5-15H2,2-4H3. The van der Waals surface area contributed by atoms with E-state index in [0.717, 1.165) is 11.8 Å². The molecule has 0 aromatic heterocycles. The molecule has 0 amide bonds. The van der Waals surface area contributed by atoms with Gasteiger partial charge in [0.05, 0.1) is 11.7 Å². The van der Waals surface area contributed by atoms with Crippen LogP contribution in [0.3, 0.4) is 0 Å². The summed E-state index contributed by atoms with van der Waals surface area (Å²) in [6.07, 6.45) is 13.2. The zero-order valence-corrected chi connectivity index (χ0v) is 17.2. The van der Waals surface area contributed by atoms with E-state index in [9.17, 15) is 5.11 Å². The zero-order valence-electron chi connectivity index (χ0n) is 17.2. The van der Waals surface area contributed by atoms with Crippen molar-refractivity contribution in [3.05, 3.63) is 12.2 Å². The Morgan fingerprint density at radius 1 is 1.08 bits per heavy atom. The molecule has 7 atom stereocenters. The van der Waals surface area contributed by atoms with Crippen LogP contribution in [-0.2, 0) is 4.74 Å². The van der Waals surface area contributed by atoms with E-state index in [1.54, 1.807) is 0 Å². The lowest BCUT2D eigenvalue weighted by Crippen LogP contribution is -2.45. The van der Waals surface area contributed by atoms with Crippen molar-refractivity contribution >= 4 is 0 Å². The molecule has 0 bridgehead atoms. The van der Waals surface area contributed by atoms with Gasteiger partial charge in [0.1, 0.15) is 0 Å². The second kappa shape index (κ2) is 5.38. The summed E-state index contributed by atoms with van der Waals surface area (Å²) in [6, 6.07) is 0. The summed E-state index contributed by atoms with van der Waals surface area (Å²) >= 11 is 0. The normalized spacial score (nSPS) is 55.0. The summed E-state index contributed by atoms with van der Waals surface area (Å²) in [5.74, 6) is 2.08. The fraction of sp³-hybridized carbons (Fsp3) is 0.917. The van der Waals surface area contributed by atoms with Gasteiger partial charge in [-0.1, -0.05) is 32.4 Å². The van der Waals surface area contributed by atoms with E-state index in [1.165, 1.54) is 69.8 Å². The van der Waals surface area contributed by atoms with E-state index in [0.29, 0.717) is 34.9 Å². The van der Waals surface area contributed by atoms with Crippen molar-refractivity contribution < 1.29 is 9.84 Å². The number of ether oxygens (including phenoxy) is 1. The van der Waals surface area contributed by atoms with Gasteiger partial charge in [-0.3, -0.25) is 0 Å². The predicted octanol–water partition coefficient (Wildman–Crippen LogP) is 5.50. The molecule has 2 nitrogen and oxygen atoms in total. The maximum atomic E-state index is 10.00. The Balaban J connectivity index is 1.45. The fourth-order valence-corrected chi connectivity index (χ4v) is 8.39. The van der Waals surface area contributed by atoms with E-state index >= 15 is 0 Å². The third-order valence-corrected chi connectivity index (χ3v) is 9.87. The van der Waals surface area contributed by atoms with E-state index < -0.39 is 0 Å². The average molecular weight is 359 g/mol. The van der Waals surface area contributed by atoms with Crippen LogP contribution in [0.5, 0.6) is 0 Å². The molecular weight excluding hydrogens is 320 g/mol. The van der Waals surface area contributed by atoms with Crippen LogP contribution in [0, 0.1) is 34.0 Å². The van der Waals surface area contributed by atoms with Crippen LogP contribution < -0.4 is 0 Å². The van der Waals surface area contributed by atoms with Gasteiger partial charge in [-0.25, -0.2) is 0 Å². The van der Waals surface area contributed by atoms with Crippen LogP contribution in [0.2, 0.25) is 0 Å². The van der Waals surface area contributed by atoms with E-state index in [-0.39, 0.29) is 5.60 Å². The van der Waals surface area contributed by atoms with Gasteiger partial charge < -0.3 is 9.84 Å². The molecule has 1 aliphatic heterocycles. The molecular formula is C24H38O2. The third-order valence-electron chi connectivity index (χ3n) is 9.87. The van der Waals surface area contributed by atoms with Gasteiger partial charge in [0.25, 0.3) is 0 Å². The predicted molar refractivity (Wildman–Crippen MR) is 105 cm³/mol. The van der Waals surface area contributed by atoms with Gasteiger partial charge in [0, 0.05) is 12.0 Å². The summed E-state index contributed by atoms with van der Waals surface area (Å²) in [6.45, 7) is 12.3. The lowest BCUT2D eigenvalue weighted by Gasteiger charge is -2.53. The molecule has 2 spiro atoms. The largest absolute Gasteiger partial charge is 0.396 e. The molecule has 0 aromatic carbocycles. The summed E-state index contributed by atoms with van der Waals surface area (Å²) < 4.78 is 6.51. The highest BCUT2D eigenvalue weighted by molar-refractivity contribution is 5.24. The number of aliphatic hydroxyl groups excluding tert-OH is 1. The lowest BCUT2D eigenvalue weighted by molar-refractivity contribution is -0.00582. The Bertz CT molecular complexity index is 624. The van der Waals surface area contributed by atoms with E-state index in [1.807, 2.05) is 0 Å². The van der Waals surface area contributed by atoms with Crippen molar-refractivity contribution in [1.29, 1.82) is 0 Å². The molecule has 1 heterocycles. The number of epoxide rings is 1. The minimum absolute atomic E-state index is 0.111. The quantitative estimate of drug-likeness (QED) is 0.496. The van der Waals surface area contributed by atoms with Crippen LogP contribution in [0.25, 0.3) is 0 Å². The smallest absolute Gasteiger partial charge is 0.0930 e. The number of fused-ring (bicyclic) bond motifs is 3. The molecule has 5 aliphatic rings. The average Bonchev–Trinajstić information content (AvgIpc) is 2.93. The SMILES string of the molecule is C=C1CC2(CCC3(CCCC3CO)C2)C2OC2(C)CCC2C1CC2(C)C. The molecule has 26 heavy (non-hydrogen) atoms. The molecule has 5 fully saturated rings. The van der Waals surface area contributed by atoms with Crippen LogP contribution in [-0.4, -0.2) is 23.4 Å². The van der Waals surface area contributed by atoms with Crippen molar-refractivity contribution in [1.82, 2.24) is 0 Å². The third kappa shape index (κ3) is 2.30. The van der Waals surface area contributed by atoms with Crippen molar-refractivity contribution in [3.63, 3.8) is 0 Å². The van der Waals surface area contributed by atoms with Crippen LogP contribution in [0.1, 0.15) is 85.0 Å². The molecule has 0 radical (unpaired) electrons. The van der Waals surface area contributed by atoms with E-state index in [4.69, 9.17) is 4.74 Å². The van der Waals surface area contributed by atoms with Gasteiger partial charge in [-0.05, 0) is 93.3 Å². The molecule has 146 valence electrons. The molecule has 5 rings (SSSR count). The highest BCUT2D eigenvalue weighted by Gasteiger charge is 2.68. The molecule has 7 unspecified atom stereocenters. The number of hydrogen-bond donors (Lipinski definition) is 1. The Morgan fingerprint density at radius 3 is 2.58 bits per heavy atom. The maximum Gasteiger partial charge on any atom is 0.0930 e. The van der Waals surface area contributed by atoms with Gasteiger partial charge >= 0.3 is 0 Å². The van der Waals surface area contributed by atoms with Crippen LogP contribution >= 0.6 is 0 Å². The van der Waals surface area contributed by atoms with Crippen molar-refractivity contribution in [3.8, 4) is 0 Å². The number of rotatable bonds is 1. The number of allylic oxidation sites excluding steroid dienone is 1. The first kappa shape index (κ1) is 17.7. The Hall–Kier alpha value is -0.340. The summed E-state index contributed by atoms with van der Waals surface area (Å²) in [5, 5.41) is 10.00. The van der Waals surface area contributed by atoms with Gasteiger partial charge in [0.2, 0.25) is 0 Å². The topological polar surface area (TPSA) is 32.8 Å². The minimum Gasteiger partial charge on any atom is -0.396 e. The highest BCUT2D eigenvalue weighted by atomic mass is 16.6. The molecule has 4 aliphatic carbocycles. The van der Waals surface area contributed by atoms with Crippen molar-refractivity contribution in [2.24, 2.45) is 34.0 Å². The number of aliphatic hydroxyl groups is 1. The summed E-state index contributed by atoms with van der Waals surface area (Å²) in [7, 11) is 0. The monoisotopic (exact) mass is 358 g/mol. The van der Waals surface area contributed by atoms with Crippen molar-refractivity contribution in [2.75, 3.05) is 6.61 Å². The molecule has 2 heteroatoms. The fourth-order valence-electron chi connectivity index (χ4n) is 8.39. The van der Waals surface area contributed by atoms with Crippen LogP contribution in [0.15, 0.2) is 12.2 Å². The Kier molecular flexibility index (Phi) is 3.67.